The fraction of sp³-hybridized carbons (Fsp3) is 0.731. The van der Waals surface area contributed by atoms with Gasteiger partial charge in [0.15, 0.2) is 19.8 Å². The maximum absolute atomic E-state index is 9.40. The molecule has 2 aliphatic rings. The molecule has 4 rings (SSSR count). The number of oxazole rings is 1. The zero-order chi connectivity index (χ0) is 23.8. The molecule has 1 saturated heterocycles. The summed E-state index contributed by atoms with van der Waals surface area (Å²) < 4.78 is 12.6. The van der Waals surface area contributed by atoms with Crippen LogP contribution in [0.25, 0.3) is 11.1 Å². The van der Waals surface area contributed by atoms with Gasteiger partial charge in [0.05, 0.1) is 11.4 Å². The number of rotatable bonds is 6. The Hall–Kier alpha value is -1.57. The first-order valence-electron chi connectivity index (χ1n) is 12.8. The van der Waals surface area contributed by atoms with Crippen LogP contribution in [-0.2, 0) is 4.43 Å². The molecule has 184 valence electrons. The molecule has 2 fully saturated rings. The number of aliphatic hydroxyl groups excluding tert-OH is 1. The maximum Gasteiger partial charge on any atom is 0.198 e. The van der Waals surface area contributed by atoms with Crippen molar-refractivity contribution in [2.24, 2.45) is 11.8 Å². The van der Waals surface area contributed by atoms with Gasteiger partial charge in [-0.15, -0.1) is 0 Å². The van der Waals surface area contributed by atoms with E-state index in [4.69, 9.17) is 19.6 Å². The van der Waals surface area contributed by atoms with Crippen LogP contribution in [0.1, 0.15) is 71.1 Å². The zero-order valence-corrected chi connectivity index (χ0v) is 22.2. The molecule has 1 aliphatic carbocycles. The second-order valence-electron chi connectivity index (χ2n) is 11.8. The minimum Gasteiger partial charge on any atom is -0.440 e. The molecular weight excluding hydrogens is 430 g/mol. The third-order valence-corrected chi connectivity index (χ3v) is 12.9. The van der Waals surface area contributed by atoms with Crippen molar-refractivity contribution < 1.29 is 13.9 Å². The highest BCUT2D eigenvalue weighted by molar-refractivity contribution is 6.74. The number of nitrogen functional groups attached to an aromatic ring is 1. The lowest BCUT2D eigenvalue weighted by Crippen LogP contribution is -2.43. The van der Waals surface area contributed by atoms with Gasteiger partial charge < -0.3 is 24.6 Å². The van der Waals surface area contributed by atoms with Gasteiger partial charge in [0, 0.05) is 38.3 Å². The number of benzene rings is 1. The topological polar surface area (TPSA) is 84.8 Å². The minimum absolute atomic E-state index is 0.256. The van der Waals surface area contributed by atoms with Gasteiger partial charge in [-0.2, -0.15) is 0 Å². The zero-order valence-electron chi connectivity index (χ0n) is 21.2. The van der Waals surface area contributed by atoms with Crippen LogP contribution < -0.4 is 10.6 Å². The van der Waals surface area contributed by atoms with Crippen LogP contribution >= 0.6 is 0 Å². The van der Waals surface area contributed by atoms with Crippen LogP contribution in [0.5, 0.6) is 0 Å². The molecule has 0 unspecified atom stereocenters. The number of nitrogens with two attached hydrogens (primary N) is 1. The normalized spacial score (nSPS) is 23.4. The van der Waals surface area contributed by atoms with E-state index in [2.05, 4.69) is 44.8 Å². The van der Waals surface area contributed by atoms with E-state index in [-0.39, 0.29) is 5.04 Å². The van der Waals surface area contributed by atoms with Crippen LogP contribution in [0.3, 0.4) is 0 Å². The number of aliphatic hydroxyl groups is 1. The fourth-order valence-corrected chi connectivity index (χ4v) is 6.01. The molecule has 1 saturated carbocycles. The Morgan fingerprint density at radius 1 is 1.09 bits per heavy atom. The molecule has 0 spiro atoms. The summed E-state index contributed by atoms with van der Waals surface area (Å²) in [6.07, 6.45) is 6.41. The second-order valence-corrected chi connectivity index (χ2v) is 16.6. The smallest absolute Gasteiger partial charge is 0.198 e. The third kappa shape index (κ3) is 5.41. The average Bonchev–Trinajstić information content (AvgIpc) is 3.19. The Bertz CT molecular complexity index is 936. The Labute approximate surface area is 200 Å². The van der Waals surface area contributed by atoms with Crippen LogP contribution in [0, 0.1) is 11.8 Å². The first-order valence-corrected chi connectivity index (χ1v) is 15.7. The number of aromatic nitrogens is 1. The van der Waals surface area contributed by atoms with Gasteiger partial charge >= 0.3 is 0 Å². The average molecular weight is 474 g/mol. The van der Waals surface area contributed by atoms with E-state index >= 15 is 0 Å². The van der Waals surface area contributed by atoms with E-state index in [1.165, 1.54) is 0 Å². The van der Waals surface area contributed by atoms with Gasteiger partial charge in [0.2, 0.25) is 0 Å². The molecule has 6 nitrogen and oxygen atoms in total. The highest BCUT2D eigenvalue weighted by atomic mass is 28.4. The molecule has 3 N–H and O–H groups in total. The van der Waals surface area contributed by atoms with E-state index in [1.54, 1.807) is 0 Å². The van der Waals surface area contributed by atoms with Gasteiger partial charge in [-0.3, -0.25) is 0 Å². The van der Waals surface area contributed by atoms with Gasteiger partial charge in [-0.1, -0.05) is 20.8 Å². The molecule has 0 amide bonds. The van der Waals surface area contributed by atoms with Crippen LogP contribution in [0.15, 0.2) is 16.5 Å². The van der Waals surface area contributed by atoms with Gasteiger partial charge in [0.1, 0.15) is 5.52 Å². The van der Waals surface area contributed by atoms with Crippen molar-refractivity contribution in [3.63, 3.8) is 0 Å². The summed E-state index contributed by atoms with van der Waals surface area (Å²) in [5.74, 6) is 2.23. The molecule has 0 atom stereocenters. The number of anilines is 2. The quantitative estimate of drug-likeness (QED) is 0.400. The number of hydrogen-bond donors (Lipinski definition) is 2. The highest BCUT2D eigenvalue weighted by Crippen LogP contribution is 2.39. The summed E-state index contributed by atoms with van der Waals surface area (Å²) >= 11 is 0. The van der Waals surface area contributed by atoms with Gasteiger partial charge in [-0.25, -0.2) is 4.98 Å². The number of fused-ring (bicyclic) bond motifs is 1. The molecule has 2 heterocycles. The van der Waals surface area contributed by atoms with Gasteiger partial charge in [-0.05, 0) is 74.6 Å². The lowest BCUT2D eigenvalue weighted by molar-refractivity contribution is 0.177. The Balaban J connectivity index is 1.38. The van der Waals surface area contributed by atoms with E-state index in [9.17, 15) is 5.11 Å². The van der Waals surface area contributed by atoms with E-state index in [0.717, 1.165) is 86.6 Å². The van der Waals surface area contributed by atoms with Crippen molar-refractivity contribution in [3.05, 3.63) is 18.0 Å². The molecule has 1 aromatic heterocycles. The monoisotopic (exact) mass is 473 g/mol. The summed E-state index contributed by atoms with van der Waals surface area (Å²) in [4.78, 5) is 7.25. The summed E-state index contributed by atoms with van der Waals surface area (Å²) in [5, 5.41) is 9.65. The Morgan fingerprint density at radius 2 is 1.76 bits per heavy atom. The van der Waals surface area contributed by atoms with Crippen molar-refractivity contribution >= 4 is 30.8 Å². The largest absolute Gasteiger partial charge is 0.440 e. The maximum atomic E-state index is 9.40. The molecule has 33 heavy (non-hydrogen) atoms. The Morgan fingerprint density at radius 3 is 2.36 bits per heavy atom. The van der Waals surface area contributed by atoms with Crippen molar-refractivity contribution in [3.8, 4) is 0 Å². The molecule has 0 bridgehead atoms. The molecule has 0 radical (unpaired) electrons. The van der Waals surface area contributed by atoms with Crippen LogP contribution in [0.4, 0.5) is 11.4 Å². The van der Waals surface area contributed by atoms with Crippen molar-refractivity contribution in [1.82, 2.24) is 4.98 Å². The predicted octanol–water partition coefficient (Wildman–Crippen LogP) is 5.91. The van der Waals surface area contributed by atoms with Crippen LogP contribution in [-0.4, -0.2) is 44.7 Å². The predicted molar refractivity (Wildman–Crippen MR) is 138 cm³/mol. The standard InChI is InChI=1S/C26H43N3O3Si/c1-26(2,3)33(4,5)31-17-19-10-12-29(13-11-19)23-15-22-24(14-21(23)27)32-25(28-22)20-8-6-18(16-30)7-9-20/h14-15,18-20,30H,6-13,16-17,27H2,1-5H3/t18-,20-. The fourth-order valence-electron chi connectivity index (χ4n) is 4.92. The number of nitrogens with zero attached hydrogens (tertiary/aromatic N) is 2. The lowest BCUT2D eigenvalue weighted by Gasteiger charge is -2.39. The molecule has 1 aromatic carbocycles. The molecule has 7 heteroatoms. The second kappa shape index (κ2) is 9.59. The highest BCUT2D eigenvalue weighted by Gasteiger charge is 2.38. The number of hydrogen-bond acceptors (Lipinski definition) is 6. The first-order chi connectivity index (χ1) is 15.6. The number of piperidine rings is 1. The molecular formula is C26H43N3O3Si. The van der Waals surface area contributed by atoms with Crippen LogP contribution in [0.2, 0.25) is 18.1 Å². The first kappa shape index (κ1) is 24.5. The lowest BCUT2D eigenvalue weighted by atomic mass is 9.82. The molecule has 1 aliphatic heterocycles. The van der Waals surface area contributed by atoms with Crippen molar-refractivity contribution in [1.29, 1.82) is 0 Å². The Kier molecular flexibility index (Phi) is 7.13. The molecule has 2 aromatic rings. The SMILES string of the molecule is CC(C)(C)[Si](C)(C)OCC1CCN(c2cc3nc([C@H]4CC[C@H](CO)CC4)oc3cc2N)CC1. The summed E-state index contributed by atoms with van der Waals surface area (Å²) in [5.41, 5.74) is 10.0. The van der Waals surface area contributed by atoms with Crippen molar-refractivity contribution in [2.75, 3.05) is 36.9 Å². The minimum atomic E-state index is -1.69. The van der Waals surface area contributed by atoms with Crippen molar-refractivity contribution in [2.45, 2.75) is 83.3 Å². The van der Waals surface area contributed by atoms with Gasteiger partial charge in [0.25, 0.3) is 0 Å². The summed E-state index contributed by atoms with van der Waals surface area (Å²) in [6, 6.07) is 4.07. The van der Waals surface area contributed by atoms with E-state index < -0.39 is 8.32 Å². The van der Waals surface area contributed by atoms with E-state index in [1.807, 2.05) is 6.07 Å². The summed E-state index contributed by atoms with van der Waals surface area (Å²) in [6.45, 7) is 14.7. The summed E-state index contributed by atoms with van der Waals surface area (Å²) in [7, 11) is -1.69. The third-order valence-electron chi connectivity index (χ3n) is 8.45. The van der Waals surface area contributed by atoms with E-state index in [0.29, 0.717) is 24.4 Å².